The summed E-state index contributed by atoms with van der Waals surface area (Å²) in [6.45, 7) is 2.60. The van der Waals surface area contributed by atoms with Gasteiger partial charge >= 0.3 is 0 Å². The average Bonchev–Trinajstić information content (AvgIpc) is 2.42. The lowest BCUT2D eigenvalue weighted by Gasteiger charge is -2.17. The van der Waals surface area contributed by atoms with E-state index in [1.807, 2.05) is 31.2 Å². The fraction of sp³-hybridized carbons (Fsp3) is 0.500. The number of halogens is 1. The highest BCUT2D eigenvalue weighted by atomic mass is 79.9. The highest BCUT2D eigenvalue weighted by molar-refractivity contribution is 9.10. The van der Waals surface area contributed by atoms with Crippen LogP contribution in [0.4, 0.5) is 0 Å². The van der Waals surface area contributed by atoms with E-state index in [2.05, 4.69) is 31.6 Å². The molecule has 0 fully saturated rings. The van der Waals surface area contributed by atoms with Gasteiger partial charge in [-0.1, -0.05) is 28.1 Å². The molecule has 0 spiro atoms. The van der Waals surface area contributed by atoms with Crippen LogP contribution in [0.1, 0.15) is 18.9 Å². The lowest BCUT2D eigenvalue weighted by molar-refractivity contribution is 0.581. The fourth-order valence-electron chi connectivity index (χ4n) is 1.68. The van der Waals surface area contributed by atoms with Crippen molar-refractivity contribution in [3.8, 4) is 0 Å². The summed E-state index contributed by atoms with van der Waals surface area (Å²) in [4.78, 5) is 4.14. The molecule has 1 aromatic carbocycles. The minimum absolute atomic E-state index is 0.0378. The maximum Gasteiger partial charge on any atom is 0.191 e. The van der Waals surface area contributed by atoms with Gasteiger partial charge in [0.05, 0.1) is 5.75 Å². The van der Waals surface area contributed by atoms with Crippen LogP contribution in [-0.2, 0) is 16.4 Å². The summed E-state index contributed by atoms with van der Waals surface area (Å²) < 4.78 is 23.3. The number of guanidine groups is 1. The minimum Gasteiger partial charge on any atom is -0.354 e. The van der Waals surface area contributed by atoms with E-state index in [4.69, 9.17) is 0 Å². The molecule has 1 unspecified atom stereocenters. The summed E-state index contributed by atoms with van der Waals surface area (Å²) in [6.07, 6.45) is 1.80. The van der Waals surface area contributed by atoms with Crippen LogP contribution >= 0.6 is 15.9 Å². The third kappa shape index (κ3) is 8.06. The van der Waals surface area contributed by atoms with Crippen LogP contribution in [0, 0.1) is 0 Å². The Hall–Kier alpha value is -1.08. The van der Waals surface area contributed by atoms with Crippen molar-refractivity contribution in [2.75, 3.05) is 19.1 Å². The topological polar surface area (TPSA) is 70.6 Å². The van der Waals surface area contributed by atoms with Gasteiger partial charge in [-0.15, -0.1) is 0 Å². The molecule has 2 N–H and O–H groups in total. The minimum atomic E-state index is -2.93. The van der Waals surface area contributed by atoms with E-state index in [-0.39, 0.29) is 11.8 Å². The van der Waals surface area contributed by atoms with Crippen LogP contribution in [0.15, 0.2) is 33.7 Å². The second kappa shape index (κ2) is 8.38. The third-order valence-electron chi connectivity index (χ3n) is 2.90. The molecule has 21 heavy (non-hydrogen) atoms. The highest BCUT2D eigenvalue weighted by Gasteiger charge is 2.09. The predicted molar refractivity (Wildman–Crippen MR) is 91.3 cm³/mol. The first-order valence-corrected chi connectivity index (χ1v) is 9.55. The van der Waals surface area contributed by atoms with E-state index in [0.717, 1.165) is 10.0 Å². The van der Waals surface area contributed by atoms with Gasteiger partial charge in [-0.2, -0.15) is 0 Å². The first kappa shape index (κ1) is 18.0. The molecular formula is C14H22BrN3O2S. The van der Waals surface area contributed by atoms with Gasteiger partial charge in [-0.05, 0) is 31.0 Å². The third-order valence-corrected chi connectivity index (χ3v) is 4.41. The summed E-state index contributed by atoms with van der Waals surface area (Å²) in [5.41, 5.74) is 1.14. The van der Waals surface area contributed by atoms with Gasteiger partial charge in [-0.3, -0.25) is 4.99 Å². The number of hydrogen-bond donors (Lipinski definition) is 2. The van der Waals surface area contributed by atoms with Crippen LogP contribution < -0.4 is 10.6 Å². The Morgan fingerprint density at radius 3 is 2.48 bits per heavy atom. The fourth-order valence-corrected chi connectivity index (χ4v) is 2.73. The molecule has 7 heteroatoms. The SMILES string of the molecule is CN=C(NCc1ccc(Br)cc1)NC(C)CCS(C)(=O)=O. The van der Waals surface area contributed by atoms with Gasteiger partial charge in [0.25, 0.3) is 0 Å². The van der Waals surface area contributed by atoms with Crippen molar-refractivity contribution in [3.05, 3.63) is 34.3 Å². The van der Waals surface area contributed by atoms with Gasteiger partial charge in [0, 0.05) is 30.4 Å². The molecule has 5 nitrogen and oxygen atoms in total. The molecule has 0 heterocycles. The molecule has 0 aromatic heterocycles. The summed E-state index contributed by atoms with van der Waals surface area (Å²) >= 11 is 3.40. The number of nitrogens with one attached hydrogen (secondary N) is 2. The number of sulfone groups is 1. The van der Waals surface area contributed by atoms with E-state index in [0.29, 0.717) is 18.9 Å². The average molecular weight is 376 g/mol. The van der Waals surface area contributed by atoms with E-state index in [1.165, 1.54) is 6.26 Å². The van der Waals surface area contributed by atoms with Crippen LogP contribution in [0.3, 0.4) is 0 Å². The normalized spacial score (nSPS) is 13.8. The van der Waals surface area contributed by atoms with E-state index >= 15 is 0 Å². The van der Waals surface area contributed by atoms with Crippen LogP contribution in [0.25, 0.3) is 0 Å². The molecule has 0 aliphatic rings. The van der Waals surface area contributed by atoms with Crippen molar-refractivity contribution in [3.63, 3.8) is 0 Å². The molecule has 0 aliphatic heterocycles. The molecule has 0 aliphatic carbocycles. The lowest BCUT2D eigenvalue weighted by Crippen LogP contribution is -2.42. The van der Waals surface area contributed by atoms with Gasteiger partial charge in [0.1, 0.15) is 9.84 Å². The number of aliphatic imine (C=N–C) groups is 1. The number of nitrogens with zero attached hydrogens (tertiary/aromatic N) is 1. The Morgan fingerprint density at radius 2 is 1.95 bits per heavy atom. The predicted octanol–water partition coefficient (Wildman–Crippen LogP) is 1.94. The first-order valence-electron chi connectivity index (χ1n) is 6.69. The maximum absolute atomic E-state index is 11.2. The van der Waals surface area contributed by atoms with Crippen molar-refractivity contribution >= 4 is 31.7 Å². The standard InChI is InChI=1S/C14H22BrN3O2S/c1-11(8-9-21(3,19)20)18-14(16-2)17-10-12-4-6-13(15)7-5-12/h4-7,11H,8-10H2,1-3H3,(H2,16,17,18). The molecular weight excluding hydrogens is 354 g/mol. The Balaban J connectivity index is 2.43. The zero-order valence-electron chi connectivity index (χ0n) is 12.6. The van der Waals surface area contributed by atoms with Gasteiger partial charge in [0.15, 0.2) is 5.96 Å². The Kier molecular flexibility index (Phi) is 7.17. The second-order valence-electron chi connectivity index (χ2n) is 5.02. The second-order valence-corrected chi connectivity index (χ2v) is 8.19. The zero-order valence-corrected chi connectivity index (χ0v) is 15.0. The molecule has 0 saturated carbocycles. The molecule has 0 amide bonds. The van der Waals surface area contributed by atoms with Crippen molar-refractivity contribution in [1.29, 1.82) is 0 Å². The van der Waals surface area contributed by atoms with Crippen LogP contribution in [0.5, 0.6) is 0 Å². The van der Waals surface area contributed by atoms with Crippen LogP contribution in [-0.4, -0.2) is 39.5 Å². The molecule has 118 valence electrons. The van der Waals surface area contributed by atoms with Crippen molar-refractivity contribution in [2.24, 2.45) is 4.99 Å². The van der Waals surface area contributed by atoms with E-state index < -0.39 is 9.84 Å². The number of benzene rings is 1. The maximum atomic E-state index is 11.2. The molecule has 1 atom stereocenters. The molecule has 0 bridgehead atoms. The summed E-state index contributed by atoms with van der Waals surface area (Å²) in [6, 6.07) is 8.06. The molecule has 0 radical (unpaired) electrons. The smallest absolute Gasteiger partial charge is 0.191 e. The lowest BCUT2D eigenvalue weighted by atomic mass is 10.2. The van der Waals surface area contributed by atoms with Gasteiger partial charge in [-0.25, -0.2) is 8.42 Å². The highest BCUT2D eigenvalue weighted by Crippen LogP contribution is 2.10. The van der Waals surface area contributed by atoms with Crippen molar-refractivity contribution < 1.29 is 8.42 Å². The Bertz CT molecular complexity index is 570. The summed E-state index contributed by atoms with van der Waals surface area (Å²) in [5.74, 6) is 0.837. The van der Waals surface area contributed by atoms with Gasteiger partial charge < -0.3 is 10.6 Å². The Labute approximate surface area is 135 Å². The number of rotatable bonds is 6. The van der Waals surface area contributed by atoms with Crippen LogP contribution in [0.2, 0.25) is 0 Å². The molecule has 1 rings (SSSR count). The number of hydrogen-bond acceptors (Lipinski definition) is 3. The summed E-state index contributed by atoms with van der Waals surface area (Å²) in [7, 11) is -1.23. The van der Waals surface area contributed by atoms with Crippen molar-refractivity contribution in [1.82, 2.24) is 10.6 Å². The summed E-state index contributed by atoms with van der Waals surface area (Å²) in [5, 5.41) is 6.39. The monoisotopic (exact) mass is 375 g/mol. The van der Waals surface area contributed by atoms with Crippen molar-refractivity contribution in [2.45, 2.75) is 25.9 Å². The zero-order chi connectivity index (χ0) is 15.9. The largest absolute Gasteiger partial charge is 0.354 e. The first-order chi connectivity index (χ1) is 9.80. The van der Waals surface area contributed by atoms with E-state index in [1.54, 1.807) is 7.05 Å². The molecule has 1 aromatic rings. The van der Waals surface area contributed by atoms with E-state index in [9.17, 15) is 8.42 Å². The Morgan fingerprint density at radius 1 is 1.33 bits per heavy atom. The molecule has 0 saturated heterocycles. The van der Waals surface area contributed by atoms with Gasteiger partial charge in [0.2, 0.25) is 0 Å². The quantitative estimate of drug-likeness (QED) is 0.588.